The Hall–Kier alpha value is -2.41. The van der Waals surface area contributed by atoms with Crippen molar-refractivity contribution >= 4 is 33.4 Å². The number of hydrogen-bond donors (Lipinski definition) is 2. The highest BCUT2D eigenvalue weighted by Gasteiger charge is 2.24. The van der Waals surface area contributed by atoms with Crippen molar-refractivity contribution in [1.29, 1.82) is 0 Å². The van der Waals surface area contributed by atoms with Gasteiger partial charge in [-0.3, -0.25) is 14.4 Å². The van der Waals surface area contributed by atoms with Crippen LogP contribution in [0.4, 0.5) is 5.69 Å². The van der Waals surface area contributed by atoms with Crippen LogP contribution in [-0.2, 0) is 24.2 Å². The number of carbonyl (C=O) groups is 2. The van der Waals surface area contributed by atoms with E-state index in [2.05, 4.69) is 26.2 Å². The first kappa shape index (κ1) is 22.8. The predicted molar refractivity (Wildman–Crippen MR) is 129 cm³/mol. The monoisotopic (exact) mass is 499 g/mol. The number of aromatic amines is 1. The second-order valence-electron chi connectivity index (χ2n) is 8.86. The molecule has 2 aromatic rings. The highest BCUT2D eigenvalue weighted by atomic mass is 79.9. The van der Waals surface area contributed by atoms with Gasteiger partial charge in [0.25, 0.3) is 11.5 Å². The number of benzene rings is 1. The summed E-state index contributed by atoms with van der Waals surface area (Å²) in [7, 11) is 0. The molecule has 0 spiro atoms. The molecule has 0 saturated carbocycles. The molecule has 0 unspecified atom stereocenters. The van der Waals surface area contributed by atoms with Gasteiger partial charge in [0.05, 0.1) is 0 Å². The van der Waals surface area contributed by atoms with Crippen LogP contribution in [0.1, 0.15) is 76.8 Å². The van der Waals surface area contributed by atoms with Crippen molar-refractivity contribution in [3.05, 3.63) is 60.5 Å². The highest BCUT2D eigenvalue weighted by molar-refractivity contribution is 9.10. The van der Waals surface area contributed by atoms with Gasteiger partial charge in [0.2, 0.25) is 5.91 Å². The quantitative estimate of drug-likeness (QED) is 0.650. The third kappa shape index (κ3) is 4.53. The lowest BCUT2D eigenvalue weighted by atomic mass is 9.88. The summed E-state index contributed by atoms with van der Waals surface area (Å²) in [6, 6.07) is 3.70. The van der Waals surface area contributed by atoms with Crippen LogP contribution in [0, 0.1) is 13.8 Å². The first-order chi connectivity index (χ1) is 15.4. The lowest BCUT2D eigenvalue weighted by Gasteiger charge is -2.24. The van der Waals surface area contributed by atoms with E-state index in [1.54, 1.807) is 6.07 Å². The molecule has 32 heavy (non-hydrogen) atoms. The van der Waals surface area contributed by atoms with Gasteiger partial charge in [-0.05, 0) is 81.2 Å². The summed E-state index contributed by atoms with van der Waals surface area (Å²) in [5.41, 5.74) is 5.88. The number of anilines is 1. The Labute approximate surface area is 196 Å². The van der Waals surface area contributed by atoms with Crippen molar-refractivity contribution in [2.24, 2.45) is 0 Å². The molecule has 1 fully saturated rings. The summed E-state index contributed by atoms with van der Waals surface area (Å²) in [5, 5.41) is 2.96. The summed E-state index contributed by atoms with van der Waals surface area (Å²) < 4.78 is 0.755. The van der Waals surface area contributed by atoms with Crippen molar-refractivity contribution in [2.75, 3.05) is 11.4 Å². The van der Waals surface area contributed by atoms with Gasteiger partial charge < -0.3 is 15.2 Å². The number of amides is 2. The number of H-pyrrole nitrogens is 1. The van der Waals surface area contributed by atoms with E-state index >= 15 is 0 Å². The molecule has 2 amide bonds. The summed E-state index contributed by atoms with van der Waals surface area (Å²) >= 11 is 3.51. The molecule has 2 aliphatic rings. The summed E-state index contributed by atoms with van der Waals surface area (Å²) in [5.74, 6) is -0.135. The highest BCUT2D eigenvalue weighted by Crippen LogP contribution is 2.31. The van der Waals surface area contributed by atoms with Crippen molar-refractivity contribution in [3.8, 4) is 0 Å². The van der Waals surface area contributed by atoms with Gasteiger partial charge in [0.15, 0.2) is 0 Å². The smallest absolute Gasteiger partial charge is 0.253 e. The van der Waals surface area contributed by atoms with E-state index in [-0.39, 0.29) is 23.9 Å². The standard InChI is InChI=1S/C25H30BrN3O3/c1-15-20(12-17(26)13-22(15)29-11-7-3-4-10-23(29)30)24(31)27-14-21-19-9-6-5-8-18(19)16(2)28-25(21)32/h12-13H,3-11,14H2,1-2H3,(H,27,31)(H,28,32). The molecular weight excluding hydrogens is 470 g/mol. The van der Waals surface area contributed by atoms with E-state index in [4.69, 9.17) is 0 Å². The molecule has 170 valence electrons. The number of pyridine rings is 1. The van der Waals surface area contributed by atoms with E-state index in [1.165, 1.54) is 5.56 Å². The second-order valence-corrected chi connectivity index (χ2v) is 9.77. The van der Waals surface area contributed by atoms with Crippen LogP contribution in [0.25, 0.3) is 0 Å². The van der Waals surface area contributed by atoms with Crippen LogP contribution in [0.15, 0.2) is 21.4 Å². The largest absolute Gasteiger partial charge is 0.348 e. The second kappa shape index (κ2) is 9.61. The summed E-state index contributed by atoms with van der Waals surface area (Å²) in [4.78, 5) is 43.2. The maximum atomic E-state index is 13.2. The number of hydrogen-bond acceptors (Lipinski definition) is 3. The van der Waals surface area contributed by atoms with Crippen LogP contribution in [0.5, 0.6) is 0 Å². The maximum Gasteiger partial charge on any atom is 0.253 e. The minimum Gasteiger partial charge on any atom is -0.348 e. The zero-order chi connectivity index (χ0) is 22.8. The van der Waals surface area contributed by atoms with E-state index < -0.39 is 0 Å². The number of halogens is 1. The zero-order valence-electron chi connectivity index (χ0n) is 18.8. The fraction of sp³-hybridized carbons (Fsp3) is 0.480. The molecule has 0 atom stereocenters. The number of nitrogens with one attached hydrogen (secondary N) is 2. The average molecular weight is 500 g/mol. The minimum absolute atomic E-state index is 0.105. The van der Waals surface area contributed by atoms with Crippen molar-refractivity contribution in [3.63, 3.8) is 0 Å². The fourth-order valence-corrected chi connectivity index (χ4v) is 5.43. The molecule has 1 saturated heterocycles. The van der Waals surface area contributed by atoms with Gasteiger partial charge in [-0.2, -0.15) is 0 Å². The third-order valence-electron chi connectivity index (χ3n) is 6.74. The van der Waals surface area contributed by atoms with Crippen molar-refractivity contribution < 1.29 is 9.59 Å². The Bertz CT molecular complexity index is 1120. The van der Waals surface area contributed by atoms with Crippen LogP contribution in [0.3, 0.4) is 0 Å². The SMILES string of the molecule is Cc1[nH]c(=O)c(CNC(=O)c2cc(Br)cc(N3CCCCCC3=O)c2C)c2c1CCCC2. The van der Waals surface area contributed by atoms with Crippen LogP contribution in [-0.4, -0.2) is 23.3 Å². The lowest BCUT2D eigenvalue weighted by Crippen LogP contribution is -2.32. The first-order valence-electron chi connectivity index (χ1n) is 11.5. The Morgan fingerprint density at radius 3 is 2.53 bits per heavy atom. The molecule has 1 aromatic heterocycles. The summed E-state index contributed by atoms with van der Waals surface area (Å²) in [6.07, 6.45) is 7.48. The molecule has 2 heterocycles. The number of nitrogens with zero attached hydrogens (tertiary/aromatic N) is 1. The fourth-order valence-electron chi connectivity index (χ4n) is 4.98. The average Bonchev–Trinajstić information content (AvgIpc) is 2.99. The van der Waals surface area contributed by atoms with Gasteiger partial charge >= 0.3 is 0 Å². The van der Waals surface area contributed by atoms with Gasteiger partial charge in [-0.15, -0.1) is 0 Å². The minimum atomic E-state index is -0.239. The Morgan fingerprint density at radius 2 is 1.75 bits per heavy atom. The number of aromatic nitrogens is 1. The number of fused-ring (bicyclic) bond motifs is 1. The molecule has 4 rings (SSSR count). The first-order valence-corrected chi connectivity index (χ1v) is 12.3. The molecule has 7 heteroatoms. The Kier molecular flexibility index (Phi) is 6.84. The van der Waals surface area contributed by atoms with Crippen molar-refractivity contribution in [1.82, 2.24) is 10.3 Å². The van der Waals surface area contributed by atoms with Crippen molar-refractivity contribution in [2.45, 2.75) is 71.8 Å². The maximum absolute atomic E-state index is 13.2. The lowest BCUT2D eigenvalue weighted by molar-refractivity contribution is -0.118. The molecule has 1 aliphatic heterocycles. The number of rotatable bonds is 4. The third-order valence-corrected chi connectivity index (χ3v) is 7.20. The van der Waals surface area contributed by atoms with E-state index in [9.17, 15) is 14.4 Å². The molecule has 0 radical (unpaired) electrons. The van der Waals surface area contributed by atoms with Crippen LogP contribution in [0.2, 0.25) is 0 Å². The van der Waals surface area contributed by atoms with E-state index in [1.807, 2.05) is 24.8 Å². The topological polar surface area (TPSA) is 82.3 Å². The molecule has 6 nitrogen and oxygen atoms in total. The van der Waals surface area contributed by atoms with Gasteiger partial charge in [0.1, 0.15) is 0 Å². The molecule has 1 aliphatic carbocycles. The van der Waals surface area contributed by atoms with Gasteiger partial charge in [-0.1, -0.05) is 22.4 Å². The van der Waals surface area contributed by atoms with E-state index in [0.717, 1.165) is 71.9 Å². The zero-order valence-corrected chi connectivity index (χ0v) is 20.4. The summed E-state index contributed by atoms with van der Waals surface area (Å²) in [6.45, 7) is 4.70. The van der Waals surface area contributed by atoms with Crippen LogP contribution < -0.4 is 15.8 Å². The molecule has 0 bridgehead atoms. The molecule has 1 aromatic carbocycles. The molecule has 2 N–H and O–H groups in total. The normalized spacial score (nSPS) is 16.5. The predicted octanol–water partition coefficient (Wildman–Crippen LogP) is 4.47. The Morgan fingerprint density at radius 1 is 1.03 bits per heavy atom. The van der Waals surface area contributed by atoms with Gasteiger partial charge in [-0.25, -0.2) is 0 Å². The molecular formula is C25H30BrN3O3. The van der Waals surface area contributed by atoms with E-state index in [0.29, 0.717) is 24.1 Å². The van der Waals surface area contributed by atoms with Gasteiger partial charge in [0, 0.05) is 46.5 Å². The van der Waals surface area contributed by atoms with Crippen LogP contribution >= 0.6 is 15.9 Å². The number of aryl methyl sites for hydroxylation is 1. The Balaban J connectivity index is 1.61. The number of carbonyl (C=O) groups excluding carboxylic acids is 2.